The lowest BCUT2D eigenvalue weighted by Crippen LogP contribution is -2.07. The average molecular weight is 315 g/mol. The zero-order valence-corrected chi connectivity index (χ0v) is 12.1. The molecule has 4 rings (SSSR count). The standard InChI is InChI=1S/C15H14FN5O2/c16-9-3-5-10(6-4-9)18-13-12-14(20-15(22)19-13)21(8-17-12)11-2-1-7-23-11/h3-6,8,11H,1-2,7H2,(H2,18,19,20,22). The van der Waals surface area contributed by atoms with Crippen molar-refractivity contribution in [1.82, 2.24) is 19.5 Å². The molecular weight excluding hydrogens is 301 g/mol. The van der Waals surface area contributed by atoms with Crippen molar-refractivity contribution in [3.05, 3.63) is 36.4 Å². The summed E-state index contributed by atoms with van der Waals surface area (Å²) in [5, 5.41) is 12.8. The first kappa shape index (κ1) is 13.9. The third kappa shape index (κ3) is 2.57. The summed E-state index contributed by atoms with van der Waals surface area (Å²) >= 11 is 0. The number of aromatic hydroxyl groups is 1. The number of rotatable bonds is 3. The SMILES string of the molecule is Oc1nc(Nc2ccc(F)cc2)c2ncn(C3CCCO3)c2n1. The molecular formula is C15H14FN5O2. The molecule has 2 N–H and O–H groups in total. The highest BCUT2D eigenvalue weighted by atomic mass is 19.1. The highest BCUT2D eigenvalue weighted by Crippen LogP contribution is 2.30. The first-order valence-electron chi connectivity index (χ1n) is 7.28. The molecule has 0 saturated carbocycles. The van der Waals surface area contributed by atoms with Gasteiger partial charge in [0.05, 0.1) is 6.33 Å². The van der Waals surface area contributed by atoms with Gasteiger partial charge in [0, 0.05) is 12.3 Å². The topological polar surface area (TPSA) is 85.1 Å². The largest absolute Gasteiger partial charge is 0.479 e. The van der Waals surface area contributed by atoms with E-state index < -0.39 is 0 Å². The predicted octanol–water partition coefficient (Wildman–Crippen LogP) is 2.72. The molecule has 23 heavy (non-hydrogen) atoms. The molecule has 118 valence electrons. The molecule has 0 bridgehead atoms. The van der Waals surface area contributed by atoms with E-state index in [0.29, 0.717) is 29.3 Å². The summed E-state index contributed by atoms with van der Waals surface area (Å²) in [6.45, 7) is 0.697. The lowest BCUT2D eigenvalue weighted by molar-refractivity contribution is 0.0592. The van der Waals surface area contributed by atoms with E-state index in [1.54, 1.807) is 23.0 Å². The van der Waals surface area contributed by atoms with Crippen molar-refractivity contribution >= 4 is 22.7 Å². The van der Waals surface area contributed by atoms with Crippen molar-refractivity contribution in [2.45, 2.75) is 19.1 Å². The van der Waals surface area contributed by atoms with Crippen LogP contribution in [0.25, 0.3) is 11.2 Å². The van der Waals surface area contributed by atoms with E-state index in [4.69, 9.17) is 4.74 Å². The second-order valence-corrected chi connectivity index (χ2v) is 5.30. The summed E-state index contributed by atoms with van der Waals surface area (Å²) in [6, 6.07) is 5.48. The van der Waals surface area contributed by atoms with Crippen LogP contribution >= 0.6 is 0 Å². The molecule has 1 aliphatic rings. The fourth-order valence-corrected chi connectivity index (χ4v) is 2.65. The minimum Gasteiger partial charge on any atom is -0.479 e. The van der Waals surface area contributed by atoms with E-state index in [0.717, 1.165) is 12.8 Å². The molecule has 2 aromatic heterocycles. The normalized spacial score (nSPS) is 17.7. The number of nitrogens with one attached hydrogen (secondary N) is 1. The lowest BCUT2D eigenvalue weighted by Gasteiger charge is -2.12. The van der Waals surface area contributed by atoms with Crippen molar-refractivity contribution in [2.24, 2.45) is 0 Å². The number of fused-ring (bicyclic) bond motifs is 1. The Bertz CT molecular complexity index is 843. The number of ether oxygens (including phenoxy) is 1. The van der Waals surface area contributed by atoms with Crippen LogP contribution in [0.2, 0.25) is 0 Å². The molecule has 1 saturated heterocycles. The molecule has 0 aliphatic carbocycles. The Morgan fingerprint density at radius 2 is 2.09 bits per heavy atom. The van der Waals surface area contributed by atoms with Gasteiger partial charge in [0.1, 0.15) is 12.0 Å². The number of hydrogen-bond donors (Lipinski definition) is 2. The first-order chi connectivity index (χ1) is 11.2. The maximum atomic E-state index is 13.0. The lowest BCUT2D eigenvalue weighted by atomic mass is 10.3. The van der Waals surface area contributed by atoms with Crippen molar-refractivity contribution in [1.29, 1.82) is 0 Å². The van der Waals surface area contributed by atoms with Crippen molar-refractivity contribution in [3.8, 4) is 6.01 Å². The van der Waals surface area contributed by atoms with Gasteiger partial charge in [-0.2, -0.15) is 9.97 Å². The Labute approximate surface area is 130 Å². The van der Waals surface area contributed by atoms with Gasteiger partial charge in [-0.15, -0.1) is 0 Å². The van der Waals surface area contributed by atoms with Gasteiger partial charge in [-0.1, -0.05) is 0 Å². The van der Waals surface area contributed by atoms with Crippen LogP contribution in [0.5, 0.6) is 6.01 Å². The molecule has 1 aromatic carbocycles. The van der Waals surface area contributed by atoms with Crippen LogP contribution < -0.4 is 5.32 Å². The van der Waals surface area contributed by atoms with Gasteiger partial charge in [-0.3, -0.25) is 4.57 Å². The van der Waals surface area contributed by atoms with Gasteiger partial charge >= 0.3 is 6.01 Å². The number of imidazole rings is 1. The minimum atomic E-state index is -0.359. The van der Waals surface area contributed by atoms with Crippen LogP contribution in [0.4, 0.5) is 15.9 Å². The Kier molecular flexibility index (Phi) is 3.30. The van der Waals surface area contributed by atoms with Gasteiger partial charge in [-0.25, -0.2) is 9.37 Å². The van der Waals surface area contributed by atoms with Gasteiger partial charge < -0.3 is 15.2 Å². The summed E-state index contributed by atoms with van der Waals surface area (Å²) in [6.07, 6.45) is 3.34. The van der Waals surface area contributed by atoms with Gasteiger partial charge in [0.15, 0.2) is 17.0 Å². The summed E-state index contributed by atoms with van der Waals surface area (Å²) in [4.78, 5) is 12.4. The van der Waals surface area contributed by atoms with E-state index in [2.05, 4.69) is 20.3 Å². The third-order valence-corrected chi connectivity index (χ3v) is 3.73. The summed E-state index contributed by atoms with van der Waals surface area (Å²) in [7, 11) is 0. The second-order valence-electron chi connectivity index (χ2n) is 5.30. The molecule has 0 spiro atoms. The molecule has 1 aliphatic heterocycles. The summed E-state index contributed by atoms with van der Waals surface area (Å²) < 4.78 is 20.4. The van der Waals surface area contributed by atoms with Gasteiger partial charge in [0.2, 0.25) is 0 Å². The van der Waals surface area contributed by atoms with Crippen LogP contribution in [0, 0.1) is 5.82 Å². The molecule has 7 nitrogen and oxygen atoms in total. The van der Waals surface area contributed by atoms with Crippen LogP contribution in [-0.4, -0.2) is 31.2 Å². The Hall–Kier alpha value is -2.74. The molecule has 8 heteroatoms. The fraction of sp³-hybridized carbons (Fsp3) is 0.267. The maximum Gasteiger partial charge on any atom is 0.318 e. The number of nitrogens with zero attached hydrogens (tertiary/aromatic N) is 4. The molecule has 0 amide bonds. The van der Waals surface area contributed by atoms with E-state index >= 15 is 0 Å². The number of aromatic nitrogens is 4. The summed E-state index contributed by atoms with van der Waals surface area (Å²) in [5.41, 5.74) is 1.65. The second kappa shape index (κ2) is 5.47. The quantitative estimate of drug-likeness (QED) is 0.773. The van der Waals surface area contributed by atoms with Crippen LogP contribution in [0.15, 0.2) is 30.6 Å². The molecule has 1 unspecified atom stereocenters. The van der Waals surface area contributed by atoms with Crippen molar-refractivity contribution < 1.29 is 14.2 Å². The number of halogens is 1. The van der Waals surface area contributed by atoms with E-state index in [9.17, 15) is 9.50 Å². The van der Waals surface area contributed by atoms with E-state index in [1.165, 1.54) is 12.1 Å². The first-order valence-corrected chi connectivity index (χ1v) is 7.28. The van der Waals surface area contributed by atoms with E-state index in [-0.39, 0.29) is 18.1 Å². The minimum absolute atomic E-state index is 0.132. The maximum absolute atomic E-state index is 13.0. The average Bonchev–Trinajstić information content (AvgIpc) is 3.18. The monoisotopic (exact) mass is 315 g/mol. The van der Waals surface area contributed by atoms with Gasteiger partial charge in [0.25, 0.3) is 0 Å². The zero-order valence-electron chi connectivity index (χ0n) is 12.1. The van der Waals surface area contributed by atoms with Crippen molar-refractivity contribution in [3.63, 3.8) is 0 Å². The number of anilines is 2. The van der Waals surface area contributed by atoms with Crippen LogP contribution in [0.1, 0.15) is 19.1 Å². The highest BCUT2D eigenvalue weighted by molar-refractivity contribution is 5.85. The number of hydrogen-bond acceptors (Lipinski definition) is 6. The zero-order chi connectivity index (χ0) is 15.8. The molecule has 0 radical (unpaired) electrons. The van der Waals surface area contributed by atoms with Crippen LogP contribution in [-0.2, 0) is 4.74 Å². The smallest absolute Gasteiger partial charge is 0.318 e. The van der Waals surface area contributed by atoms with Crippen LogP contribution in [0.3, 0.4) is 0 Å². The fourth-order valence-electron chi connectivity index (χ4n) is 2.65. The molecule has 3 aromatic rings. The summed E-state index contributed by atoms with van der Waals surface area (Å²) in [5.74, 6) is 0.0322. The molecule has 1 fully saturated rings. The molecule has 3 heterocycles. The molecule has 1 atom stereocenters. The predicted molar refractivity (Wildman–Crippen MR) is 80.9 cm³/mol. The Balaban J connectivity index is 1.75. The number of benzene rings is 1. The Morgan fingerprint density at radius 1 is 1.26 bits per heavy atom. The Morgan fingerprint density at radius 3 is 2.83 bits per heavy atom. The third-order valence-electron chi connectivity index (χ3n) is 3.73. The van der Waals surface area contributed by atoms with Crippen molar-refractivity contribution in [2.75, 3.05) is 11.9 Å². The van der Waals surface area contributed by atoms with E-state index in [1.807, 2.05) is 0 Å². The van der Waals surface area contributed by atoms with Gasteiger partial charge in [-0.05, 0) is 37.1 Å². The highest BCUT2D eigenvalue weighted by Gasteiger charge is 2.22.